The molecule has 0 radical (unpaired) electrons. The maximum atomic E-state index is 10.7. The summed E-state index contributed by atoms with van der Waals surface area (Å²) in [5.41, 5.74) is -0.207. The first-order valence-corrected chi connectivity index (χ1v) is 4.78. The lowest BCUT2D eigenvalue weighted by molar-refractivity contribution is -0.129. The van der Waals surface area contributed by atoms with Crippen molar-refractivity contribution in [2.45, 2.75) is 24.9 Å². The monoisotopic (exact) mass is 198 g/mol. The molecule has 1 spiro atoms. The standard InChI is InChI=1S/C9H14N2O3/c1-11-4-2-3-9(6-11)5-7(8(12)13)10-14-9/h2-6H2,1H3,(H,12,13). The fourth-order valence-electron chi connectivity index (χ4n) is 2.18. The van der Waals surface area contributed by atoms with E-state index < -0.39 is 5.97 Å². The van der Waals surface area contributed by atoms with E-state index in [1.165, 1.54) is 0 Å². The molecule has 5 heteroatoms. The van der Waals surface area contributed by atoms with Gasteiger partial charge in [0.05, 0.1) is 0 Å². The second-order valence-electron chi connectivity index (χ2n) is 4.14. The zero-order valence-electron chi connectivity index (χ0n) is 8.19. The lowest BCUT2D eigenvalue weighted by atomic mass is 9.88. The molecule has 0 aromatic rings. The van der Waals surface area contributed by atoms with Crippen molar-refractivity contribution in [1.29, 1.82) is 0 Å². The van der Waals surface area contributed by atoms with Gasteiger partial charge in [-0.15, -0.1) is 0 Å². The van der Waals surface area contributed by atoms with Crippen LogP contribution in [-0.4, -0.2) is 47.4 Å². The average molecular weight is 198 g/mol. The van der Waals surface area contributed by atoms with Crippen molar-refractivity contribution in [2.75, 3.05) is 20.1 Å². The van der Waals surface area contributed by atoms with E-state index >= 15 is 0 Å². The molecule has 0 saturated carbocycles. The molecule has 0 aliphatic carbocycles. The summed E-state index contributed by atoms with van der Waals surface area (Å²) in [4.78, 5) is 18.1. The molecule has 14 heavy (non-hydrogen) atoms. The third-order valence-electron chi connectivity index (χ3n) is 2.82. The zero-order valence-corrected chi connectivity index (χ0v) is 8.19. The van der Waals surface area contributed by atoms with E-state index in [1.54, 1.807) is 0 Å². The van der Waals surface area contributed by atoms with E-state index in [1.807, 2.05) is 7.05 Å². The fraction of sp³-hybridized carbons (Fsp3) is 0.778. The van der Waals surface area contributed by atoms with Gasteiger partial charge in [0, 0.05) is 13.0 Å². The summed E-state index contributed by atoms with van der Waals surface area (Å²) in [6, 6.07) is 0. The number of nitrogens with zero attached hydrogens (tertiary/aromatic N) is 2. The average Bonchev–Trinajstić information content (AvgIpc) is 2.49. The summed E-state index contributed by atoms with van der Waals surface area (Å²) >= 11 is 0. The highest BCUT2D eigenvalue weighted by Gasteiger charge is 2.43. The summed E-state index contributed by atoms with van der Waals surface area (Å²) in [7, 11) is 2.02. The largest absolute Gasteiger partial charge is 0.477 e. The Morgan fingerprint density at radius 1 is 1.71 bits per heavy atom. The highest BCUT2D eigenvalue weighted by Crippen LogP contribution is 2.32. The number of piperidine rings is 1. The van der Waals surface area contributed by atoms with Gasteiger partial charge < -0.3 is 14.8 Å². The summed E-state index contributed by atoms with van der Waals surface area (Å²) < 4.78 is 0. The fourth-order valence-corrected chi connectivity index (χ4v) is 2.18. The molecule has 1 saturated heterocycles. The van der Waals surface area contributed by atoms with Gasteiger partial charge in [0.2, 0.25) is 0 Å². The number of aliphatic carboxylic acids is 1. The van der Waals surface area contributed by atoms with Crippen LogP contribution in [0.1, 0.15) is 19.3 Å². The Hall–Kier alpha value is -1.10. The van der Waals surface area contributed by atoms with Crippen molar-refractivity contribution >= 4 is 11.7 Å². The third-order valence-corrected chi connectivity index (χ3v) is 2.82. The number of carboxylic acids is 1. The van der Waals surface area contributed by atoms with Crippen LogP contribution >= 0.6 is 0 Å². The van der Waals surface area contributed by atoms with Crippen molar-refractivity contribution < 1.29 is 14.7 Å². The van der Waals surface area contributed by atoms with Crippen molar-refractivity contribution in [1.82, 2.24) is 4.90 Å². The SMILES string of the molecule is CN1CCCC2(CC(C(=O)O)=NO2)C1. The Bertz CT molecular complexity index is 290. The van der Waals surface area contributed by atoms with Crippen LogP contribution in [0.3, 0.4) is 0 Å². The minimum absolute atomic E-state index is 0.153. The maximum Gasteiger partial charge on any atom is 0.353 e. The molecule has 0 amide bonds. The molecule has 0 aromatic carbocycles. The first-order chi connectivity index (χ1) is 6.61. The van der Waals surface area contributed by atoms with Crippen molar-refractivity contribution in [3.05, 3.63) is 0 Å². The zero-order chi connectivity index (χ0) is 10.2. The number of hydrogen-bond acceptors (Lipinski definition) is 4. The van der Waals surface area contributed by atoms with Gasteiger partial charge in [-0.05, 0) is 26.4 Å². The second kappa shape index (κ2) is 3.24. The Labute approximate surface area is 82.3 Å². The number of carboxylic acid groups (broad SMARTS) is 1. The van der Waals surface area contributed by atoms with E-state index in [-0.39, 0.29) is 11.3 Å². The van der Waals surface area contributed by atoms with Gasteiger partial charge in [0.15, 0.2) is 11.3 Å². The number of hydrogen-bond donors (Lipinski definition) is 1. The van der Waals surface area contributed by atoms with Crippen molar-refractivity contribution in [3.8, 4) is 0 Å². The predicted molar refractivity (Wildman–Crippen MR) is 50.2 cm³/mol. The highest BCUT2D eigenvalue weighted by molar-refractivity contribution is 6.36. The van der Waals surface area contributed by atoms with Gasteiger partial charge in [0.25, 0.3) is 0 Å². The second-order valence-corrected chi connectivity index (χ2v) is 4.14. The van der Waals surface area contributed by atoms with E-state index in [0.717, 1.165) is 25.9 Å². The van der Waals surface area contributed by atoms with E-state index in [4.69, 9.17) is 9.94 Å². The van der Waals surface area contributed by atoms with Crippen LogP contribution in [0.4, 0.5) is 0 Å². The molecule has 2 rings (SSSR count). The molecule has 5 nitrogen and oxygen atoms in total. The van der Waals surface area contributed by atoms with E-state index in [0.29, 0.717) is 6.42 Å². The Morgan fingerprint density at radius 3 is 3.07 bits per heavy atom. The van der Waals surface area contributed by atoms with Gasteiger partial charge in [-0.3, -0.25) is 0 Å². The van der Waals surface area contributed by atoms with Crippen LogP contribution < -0.4 is 0 Å². The molecule has 2 heterocycles. The number of carbonyl (C=O) groups is 1. The van der Waals surface area contributed by atoms with E-state index in [2.05, 4.69) is 10.1 Å². The molecule has 0 aromatic heterocycles. The predicted octanol–water partition coefficient (Wildman–Crippen LogP) is 0.312. The van der Waals surface area contributed by atoms with Gasteiger partial charge in [-0.2, -0.15) is 0 Å². The van der Waals surface area contributed by atoms with Crippen molar-refractivity contribution in [3.63, 3.8) is 0 Å². The minimum Gasteiger partial charge on any atom is -0.477 e. The van der Waals surface area contributed by atoms with Crippen LogP contribution in [0, 0.1) is 0 Å². The number of likely N-dealkylation sites (tertiary alicyclic amines) is 1. The lowest BCUT2D eigenvalue weighted by Crippen LogP contribution is -2.46. The molecule has 1 fully saturated rings. The summed E-state index contributed by atoms with van der Waals surface area (Å²) in [5, 5.41) is 12.4. The maximum absolute atomic E-state index is 10.7. The Morgan fingerprint density at radius 2 is 2.50 bits per heavy atom. The first-order valence-electron chi connectivity index (χ1n) is 4.78. The Balaban J connectivity index is 2.04. The van der Waals surface area contributed by atoms with E-state index in [9.17, 15) is 4.79 Å². The molecule has 2 aliphatic rings. The summed E-state index contributed by atoms with van der Waals surface area (Å²) in [5.74, 6) is -0.963. The lowest BCUT2D eigenvalue weighted by Gasteiger charge is -2.35. The molecule has 0 bridgehead atoms. The van der Waals surface area contributed by atoms with Crippen LogP contribution in [0.25, 0.3) is 0 Å². The number of likely N-dealkylation sites (N-methyl/N-ethyl adjacent to an activating group) is 1. The quantitative estimate of drug-likeness (QED) is 0.658. The minimum atomic E-state index is -0.963. The summed E-state index contributed by atoms with van der Waals surface area (Å²) in [6.45, 7) is 1.82. The molecular weight excluding hydrogens is 184 g/mol. The molecular formula is C9H14N2O3. The Kier molecular flexibility index (Phi) is 2.19. The molecule has 1 N–H and O–H groups in total. The smallest absolute Gasteiger partial charge is 0.353 e. The van der Waals surface area contributed by atoms with Crippen LogP contribution in [0.5, 0.6) is 0 Å². The topological polar surface area (TPSA) is 62.1 Å². The van der Waals surface area contributed by atoms with Gasteiger partial charge in [-0.25, -0.2) is 4.79 Å². The molecule has 1 atom stereocenters. The summed E-state index contributed by atoms with van der Waals surface area (Å²) in [6.07, 6.45) is 2.38. The third kappa shape index (κ3) is 1.59. The van der Waals surface area contributed by atoms with Gasteiger partial charge in [-0.1, -0.05) is 5.16 Å². The number of rotatable bonds is 1. The van der Waals surface area contributed by atoms with Crippen LogP contribution in [-0.2, 0) is 9.63 Å². The number of oxime groups is 1. The van der Waals surface area contributed by atoms with Crippen LogP contribution in [0.2, 0.25) is 0 Å². The molecule has 1 unspecified atom stereocenters. The van der Waals surface area contributed by atoms with Crippen LogP contribution in [0.15, 0.2) is 5.16 Å². The molecule has 78 valence electrons. The van der Waals surface area contributed by atoms with Gasteiger partial charge in [0.1, 0.15) is 0 Å². The molecule has 2 aliphatic heterocycles. The highest BCUT2D eigenvalue weighted by atomic mass is 16.7. The van der Waals surface area contributed by atoms with Gasteiger partial charge >= 0.3 is 5.97 Å². The van der Waals surface area contributed by atoms with Crippen molar-refractivity contribution in [2.24, 2.45) is 5.16 Å². The normalized spacial score (nSPS) is 32.8. The first kappa shape index (κ1) is 9.45.